The number of likely N-dealkylation sites (N-methyl/N-ethyl adjacent to an activating group) is 1. The molecule has 1 aliphatic carbocycles. The van der Waals surface area contributed by atoms with Crippen molar-refractivity contribution < 1.29 is 23.8 Å². The first-order valence-electron chi connectivity index (χ1n) is 14.6. The number of halogens is 2. The monoisotopic (exact) mass is 635 g/mol. The van der Waals surface area contributed by atoms with Crippen LogP contribution in [0.15, 0.2) is 47.7 Å². The Bertz CT molecular complexity index is 1860. The van der Waals surface area contributed by atoms with Gasteiger partial charge in [-0.15, -0.1) is 0 Å². The second-order valence-electron chi connectivity index (χ2n) is 11.9. The average Bonchev–Trinajstić information content (AvgIpc) is 3.66. The molecule has 14 heteroatoms. The van der Waals surface area contributed by atoms with Crippen LogP contribution < -0.4 is 24.7 Å². The number of rotatable bonds is 9. The van der Waals surface area contributed by atoms with E-state index in [0.29, 0.717) is 23.4 Å². The number of aromatic nitrogens is 4. The van der Waals surface area contributed by atoms with Crippen LogP contribution in [0, 0.1) is 11.7 Å². The number of ether oxygens (including phenoxy) is 2. The molecule has 3 aliphatic rings. The number of carboxylic acids is 1. The summed E-state index contributed by atoms with van der Waals surface area (Å²) in [6.45, 7) is 1.86. The van der Waals surface area contributed by atoms with Crippen LogP contribution in [0.5, 0.6) is 11.6 Å². The van der Waals surface area contributed by atoms with E-state index in [1.807, 2.05) is 25.1 Å². The van der Waals surface area contributed by atoms with E-state index in [2.05, 4.69) is 19.8 Å². The van der Waals surface area contributed by atoms with Gasteiger partial charge in [0.2, 0.25) is 11.3 Å². The molecule has 1 saturated carbocycles. The summed E-state index contributed by atoms with van der Waals surface area (Å²) < 4.78 is 28.6. The van der Waals surface area contributed by atoms with Gasteiger partial charge in [0, 0.05) is 43.6 Å². The molecule has 4 aromatic rings. The molecule has 0 unspecified atom stereocenters. The summed E-state index contributed by atoms with van der Waals surface area (Å²) in [5, 5.41) is 9.91. The maximum atomic E-state index is 15.9. The first-order valence-corrected chi connectivity index (χ1v) is 15.0. The van der Waals surface area contributed by atoms with Crippen molar-refractivity contribution in [1.29, 1.82) is 0 Å². The topological polar surface area (TPSA) is 126 Å². The van der Waals surface area contributed by atoms with E-state index in [4.69, 9.17) is 26.1 Å². The molecule has 7 rings (SSSR count). The van der Waals surface area contributed by atoms with Gasteiger partial charge in [-0.25, -0.2) is 24.1 Å². The number of hydrogen-bond acceptors (Lipinski definition) is 10. The lowest BCUT2D eigenvalue weighted by Crippen LogP contribution is -2.57. The van der Waals surface area contributed by atoms with Gasteiger partial charge in [0.05, 0.1) is 30.4 Å². The van der Waals surface area contributed by atoms with Crippen molar-refractivity contribution in [3.05, 3.63) is 69.5 Å². The van der Waals surface area contributed by atoms with Crippen LogP contribution in [0.25, 0.3) is 16.7 Å². The molecular formula is C31H31ClFN7O5. The molecular weight excluding hydrogens is 605 g/mol. The second kappa shape index (κ2) is 11.1. The third-order valence-electron chi connectivity index (χ3n) is 8.98. The lowest BCUT2D eigenvalue weighted by atomic mass is 10.1. The Balaban J connectivity index is 1.25. The summed E-state index contributed by atoms with van der Waals surface area (Å²) in [6.07, 6.45) is 6.00. The van der Waals surface area contributed by atoms with E-state index in [1.54, 1.807) is 18.3 Å². The third kappa shape index (κ3) is 5.09. The van der Waals surface area contributed by atoms with Crippen LogP contribution in [0.4, 0.5) is 16.0 Å². The van der Waals surface area contributed by atoms with Gasteiger partial charge < -0.3 is 29.3 Å². The van der Waals surface area contributed by atoms with Crippen LogP contribution in [0.1, 0.15) is 23.2 Å². The van der Waals surface area contributed by atoms with Gasteiger partial charge in [-0.2, -0.15) is 0 Å². The zero-order chi connectivity index (χ0) is 31.6. The second-order valence-corrected chi connectivity index (χ2v) is 12.3. The van der Waals surface area contributed by atoms with Crippen molar-refractivity contribution in [2.45, 2.75) is 31.0 Å². The average molecular weight is 636 g/mol. The van der Waals surface area contributed by atoms with Crippen molar-refractivity contribution >= 4 is 40.2 Å². The number of methoxy groups -OCH3 is 1. The molecule has 2 aliphatic heterocycles. The summed E-state index contributed by atoms with van der Waals surface area (Å²) in [6, 6.07) is 6.62. The fourth-order valence-electron chi connectivity index (χ4n) is 6.30. The number of fused-ring (bicyclic) bond motifs is 2. The quantitative estimate of drug-likeness (QED) is 0.291. The first-order chi connectivity index (χ1) is 21.6. The Morgan fingerprint density at radius 3 is 2.69 bits per heavy atom. The molecule has 234 valence electrons. The normalized spacial score (nSPS) is 20.8. The van der Waals surface area contributed by atoms with E-state index in [0.717, 1.165) is 37.8 Å². The van der Waals surface area contributed by atoms with Crippen LogP contribution in [-0.2, 0) is 0 Å². The smallest absolute Gasteiger partial charge is 0.341 e. The van der Waals surface area contributed by atoms with Gasteiger partial charge in [0.15, 0.2) is 17.3 Å². The van der Waals surface area contributed by atoms with Gasteiger partial charge in [0.1, 0.15) is 28.8 Å². The molecule has 0 aromatic carbocycles. The molecule has 1 N–H and O–H groups in total. The maximum absolute atomic E-state index is 15.9. The summed E-state index contributed by atoms with van der Waals surface area (Å²) in [5.41, 5.74) is -0.676. The minimum atomic E-state index is -1.41. The van der Waals surface area contributed by atoms with Gasteiger partial charge in [-0.3, -0.25) is 9.36 Å². The highest BCUT2D eigenvalue weighted by Gasteiger charge is 2.53. The lowest BCUT2D eigenvalue weighted by molar-refractivity contribution is 0.0695. The zero-order valence-corrected chi connectivity index (χ0v) is 25.6. The third-order valence-corrected chi connectivity index (χ3v) is 9.33. The number of carbonyl (C=O) groups is 1. The van der Waals surface area contributed by atoms with Crippen LogP contribution in [0.3, 0.4) is 0 Å². The highest BCUT2D eigenvalue weighted by atomic mass is 35.5. The van der Waals surface area contributed by atoms with Crippen molar-refractivity contribution in [3.8, 4) is 17.3 Å². The summed E-state index contributed by atoms with van der Waals surface area (Å²) in [7, 11) is 5.58. The first kappa shape index (κ1) is 29.2. The summed E-state index contributed by atoms with van der Waals surface area (Å²) in [4.78, 5) is 45.0. The Labute approximate surface area is 262 Å². The number of carboxylic acid groups (broad SMARTS) is 1. The van der Waals surface area contributed by atoms with Crippen molar-refractivity contribution in [3.63, 3.8) is 0 Å². The number of nitrogens with zero attached hydrogens (tertiary/aromatic N) is 7. The number of hydrogen-bond donors (Lipinski definition) is 1. The molecule has 0 spiro atoms. The largest absolute Gasteiger partial charge is 0.495 e. The Morgan fingerprint density at radius 1 is 1.20 bits per heavy atom. The number of piperidine rings is 1. The van der Waals surface area contributed by atoms with E-state index >= 15 is 4.39 Å². The fraction of sp³-hybridized carbons (Fsp3) is 0.387. The zero-order valence-electron chi connectivity index (χ0n) is 24.9. The number of aromatic carboxylic acids is 1. The van der Waals surface area contributed by atoms with Crippen LogP contribution >= 0.6 is 11.6 Å². The molecule has 0 amide bonds. The predicted octanol–water partition coefficient (Wildman–Crippen LogP) is 3.47. The standard InChI is InChI=1S/C31H31ClFN7O5/c1-37(2)19-12-38(13-19)25-5-4-17(11-35-25)39-14-21(31(42)43)27(41)20-10-22(33)29(36-28(20)39)40-18(8-16-9-23(16)40)15-45-30-26(32)24(44-3)6-7-34-30/h4-7,10-11,14,16,18-19,23H,8-9,12-13,15H2,1-3H3,(H,42,43)/t16-,18+,23+/m0/s1. The van der Waals surface area contributed by atoms with Crippen LogP contribution in [-0.4, -0.2) is 94.5 Å². The van der Waals surface area contributed by atoms with Crippen molar-refractivity contribution in [1.82, 2.24) is 24.4 Å². The molecule has 3 atom stereocenters. The lowest BCUT2D eigenvalue weighted by Gasteiger charge is -2.43. The Kier molecular flexibility index (Phi) is 7.24. The number of pyridine rings is 4. The minimum absolute atomic E-state index is 0.0636. The van der Waals surface area contributed by atoms with Crippen molar-refractivity contribution in [2.24, 2.45) is 5.92 Å². The Morgan fingerprint density at radius 2 is 2.00 bits per heavy atom. The van der Waals surface area contributed by atoms with E-state index < -0.39 is 22.8 Å². The molecule has 0 radical (unpaired) electrons. The summed E-state index contributed by atoms with van der Waals surface area (Å²) >= 11 is 6.38. The van der Waals surface area contributed by atoms with Gasteiger partial charge in [-0.05, 0) is 51.1 Å². The molecule has 4 aromatic heterocycles. The Hall–Kier alpha value is -4.49. The van der Waals surface area contributed by atoms with Crippen LogP contribution in [0.2, 0.25) is 5.02 Å². The molecule has 6 heterocycles. The highest BCUT2D eigenvalue weighted by molar-refractivity contribution is 6.33. The van der Waals surface area contributed by atoms with E-state index in [1.165, 1.54) is 24.1 Å². The SMILES string of the molecule is COc1ccnc(OC[C@H]2C[C@H]3C[C@H]3N2c2nc3c(cc2F)c(=O)c(C(=O)O)cn3-c2ccc(N3CC(N(C)C)C3)nc2)c1Cl. The molecule has 45 heavy (non-hydrogen) atoms. The molecule has 12 nitrogen and oxygen atoms in total. The molecule has 0 bridgehead atoms. The number of anilines is 2. The van der Waals surface area contributed by atoms with Gasteiger partial charge >= 0.3 is 5.97 Å². The summed E-state index contributed by atoms with van der Waals surface area (Å²) in [5.74, 6) is -0.282. The van der Waals surface area contributed by atoms with Gasteiger partial charge in [0.25, 0.3) is 0 Å². The molecule has 2 saturated heterocycles. The highest BCUT2D eigenvalue weighted by Crippen LogP contribution is 2.50. The van der Waals surface area contributed by atoms with Gasteiger partial charge in [-0.1, -0.05) is 11.6 Å². The minimum Gasteiger partial charge on any atom is -0.495 e. The van der Waals surface area contributed by atoms with Crippen molar-refractivity contribution in [2.75, 3.05) is 50.7 Å². The fourth-order valence-corrected chi connectivity index (χ4v) is 6.54. The maximum Gasteiger partial charge on any atom is 0.341 e. The van der Waals surface area contributed by atoms with E-state index in [-0.39, 0.29) is 46.4 Å². The van der Waals surface area contributed by atoms with E-state index in [9.17, 15) is 14.7 Å². The predicted molar refractivity (Wildman–Crippen MR) is 166 cm³/mol. The molecule has 3 fully saturated rings.